The molecule has 2 aromatic carbocycles. The summed E-state index contributed by atoms with van der Waals surface area (Å²) in [6.45, 7) is 1.73. The molecule has 0 unspecified atom stereocenters. The molecular formula is C17H22Cl2FN3O2S. The molecular weight excluding hydrogens is 400 g/mol. The van der Waals surface area contributed by atoms with Crippen molar-refractivity contribution in [3.63, 3.8) is 0 Å². The van der Waals surface area contributed by atoms with Gasteiger partial charge in [0.2, 0.25) is 0 Å². The third-order valence-electron chi connectivity index (χ3n) is 4.12. The van der Waals surface area contributed by atoms with Gasteiger partial charge in [-0.1, -0.05) is 29.8 Å². The minimum Gasteiger partial charge on any atom is -0.320 e. The van der Waals surface area contributed by atoms with Crippen molar-refractivity contribution in [2.75, 3.05) is 24.4 Å². The van der Waals surface area contributed by atoms with E-state index in [1.165, 1.54) is 22.5 Å². The standard InChI is InChI=1S/C17H21ClFN3O2S.ClH/c1-20-9-4-10-21-12-13-5-2-3-6-17(13)22(25(21,23)24)14-7-8-16(19)15(18)11-14;/h2-3,5-8,11,20,23-24H,4,9-10,12H2,1H3;1H. The number of hydrogen-bond acceptors (Lipinski definition) is 5. The van der Waals surface area contributed by atoms with Gasteiger partial charge in [-0.2, -0.15) is 4.31 Å². The molecule has 0 aromatic heterocycles. The monoisotopic (exact) mass is 421 g/mol. The highest BCUT2D eigenvalue weighted by Gasteiger charge is 2.37. The van der Waals surface area contributed by atoms with Crippen LogP contribution in [0.4, 0.5) is 15.8 Å². The maximum Gasteiger partial charge on any atom is 0.141 e. The Kier molecular flexibility index (Phi) is 7.15. The first kappa shape index (κ1) is 21.2. The van der Waals surface area contributed by atoms with Gasteiger partial charge in [0.25, 0.3) is 0 Å². The summed E-state index contributed by atoms with van der Waals surface area (Å²) < 4.78 is 38.6. The molecule has 0 spiro atoms. The number of halogens is 3. The molecule has 0 aliphatic carbocycles. The molecule has 0 atom stereocenters. The summed E-state index contributed by atoms with van der Waals surface area (Å²) in [7, 11) is -1.43. The van der Waals surface area contributed by atoms with Crippen LogP contribution in [0, 0.1) is 5.82 Å². The second-order valence-corrected chi connectivity index (χ2v) is 8.10. The maximum atomic E-state index is 13.6. The number of fused-ring (bicyclic) bond motifs is 1. The number of benzene rings is 2. The lowest BCUT2D eigenvalue weighted by Gasteiger charge is -2.54. The van der Waals surface area contributed by atoms with Crippen molar-refractivity contribution in [3.8, 4) is 0 Å². The van der Waals surface area contributed by atoms with Crippen molar-refractivity contribution in [2.45, 2.75) is 13.0 Å². The van der Waals surface area contributed by atoms with E-state index >= 15 is 0 Å². The summed E-state index contributed by atoms with van der Waals surface area (Å²) in [5.74, 6) is -0.543. The van der Waals surface area contributed by atoms with Crippen LogP contribution in [0.15, 0.2) is 42.5 Å². The van der Waals surface area contributed by atoms with Crippen molar-refractivity contribution in [2.24, 2.45) is 0 Å². The van der Waals surface area contributed by atoms with Gasteiger partial charge in [-0.05, 0) is 60.8 Å². The SMILES string of the molecule is CNCCCN1Cc2ccccc2N(c2ccc(F)c(Cl)c2)S1(O)O.Cl. The molecule has 3 rings (SSSR count). The molecule has 144 valence electrons. The van der Waals surface area contributed by atoms with Gasteiger partial charge in [-0.3, -0.25) is 9.11 Å². The van der Waals surface area contributed by atoms with Crippen LogP contribution >= 0.6 is 35.0 Å². The van der Waals surface area contributed by atoms with E-state index in [0.717, 1.165) is 18.5 Å². The highest BCUT2D eigenvalue weighted by Crippen LogP contribution is 2.58. The molecule has 1 aliphatic heterocycles. The van der Waals surface area contributed by atoms with E-state index in [-0.39, 0.29) is 17.4 Å². The fourth-order valence-corrected chi connectivity index (χ4v) is 4.82. The number of nitrogens with zero attached hydrogens (tertiary/aromatic N) is 2. The van der Waals surface area contributed by atoms with Crippen LogP contribution in [0.5, 0.6) is 0 Å². The highest BCUT2D eigenvalue weighted by molar-refractivity contribution is 8.23. The van der Waals surface area contributed by atoms with Crippen LogP contribution in [0.25, 0.3) is 0 Å². The Balaban J connectivity index is 0.00000243. The number of hydrogen-bond donors (Lipinski definition) is 3. The second-order valence-electron chi connectivity index (χ2n) is 5.83. The molecule has 0 fully saturated rings. The molecule has 9 heteroatoms. The van der Waals surface area contributed by atoms with E-state index in [0.29, 0.717) is 24.5 Å². The van der Waals surface area contributed by atoms with Crippen molar-refractivity contribution in [1.82, 2.24) is 9.62 Å². The van der Waals surface area contributed by atoms with Gasteiger partial charge in [0.15, 0.2) is 0 Å². The number of anilines is 2. The van der Waals surface area contributed by atoms with Crippen molar-refractivity contribution >= 4 is 46.3 Å². The van der Waals surface area contributed by atoms with Crippen LogP contribution in [0.3, 0.4) is 0 Å². The first-order chi connectivity index (χ1) is 11.9. The largest absolute Gasteiger partial charge is 0.320 e. The molecule has 2 aromatic rings. The highest BCUT2D eigenvalue weighted by atomic mass is 35.5. The zero-order valence-corrected chi connectivity index (χ0v) is 16.6. The molecule has 0 radical (unpaired) electrons. The number of rotatable bonds is 5. The summed E-state index contributed by atoms with van der Waals surface area (Å²) in [6, 6.07) is 11.7. The minimum absolute atomic E-state index is 0. The van der Waals surface area contributed by atoms with Gasteiger partial charge >= 0.3 is 0 Å². The predicted octanol–water partition coefficient (Wildman–Crippen LogP) is 5.04. The Morgan fingerprint density at radius 2 is 1.96 bits per heavy atom. The quantitative estimate of drug-likeness (QED) is 0.589. The molecule has 26 heavy (non-hydrogen) atoms. The van der Waals surface area contributed by atoms with Crippen LogP contribution in [0.1, 0.15) is 12.0 Å². The van der Waals surface area contributed by atoms with Crippen molar-refractivity contribution < 1.29 is 13.5 Å². The first-order valence-corrected chi connectivity index (χ1v) is 9.80. The normalized spacial score (nSPS) is 17.3. The minimum atomic E-state index is -3.28. The van der Waals surface area contributed by atoms with Gasteiger partial charge in [0.05, 0.1) is 16.4 Å². The van der Waals surface area contributed by atoms with Crippen molar-refractivity contribution in [3.05, 3.63) is 58.9 Å². The summed E-state index contributed by atoms with van der Waals surface area (Å²) in [5, 5.41) is 3.00. The Bertz CT molecular complexity index is 767. The van der Waals surface area contributed by atoms with Gasteiger partial charge in [0, 0.05) is 13.1 Å². The fraction of sp³-hybridized carbons (Fsp3) is 0.294. The molecule has 0 amide bonds. The summed E-state index contributed by atoms with van der Waals surface area (Å²) in [6.07, 6.45) is 0.770. The number of para-hydroxylation sites is 1. The zero-order valence-electron chi connectivity index (χ0n) is 14.2. The van der Waals surface area contributed by atoms with Gasteiger partial charge in [-0.25, -0.2) is 8.70 Å². The van der Waals surface area contributed by atoms with Gasteiger partial charge in [-0.15, -0.1) is 12.4 Å². The van der Waals surface area contributed by atoms with Gasteiger partial charge < -0.3 is 5.32 Å². The van der Waals surface area contributed by atoms with Crippen molar-refractivity contribution in [1.29, 1.82) is 0 Å². The fourth-order valence-electron chi connectivity index (χ4n) is 2.89. The third kappa shape index (κ3) is 4.09. The summed E-state index contributed by atoms with van der Waals surface area (Å²) in [4.78, 5) is 0. The average molecular weight is 422 g/mol. The Morgan fingerprint density at radius 1 is 1.23 bits per heavy atom. The van der Waals surface area contributed by atoms with E-state index in [9.17, 15) is 13.5 Å². The molecule has 3 N–H and O–H groups in total. The van der Waals surface area contributed by atoms with Crippen LogP contribution in [-0.2, 0) is 6.54 Å². The lowest BCUT2D eigenvalue weighted by Crippen LogP contribution is -2.42. The second kappa shape index (κ2) is 8.75. The lowest BCUT2D eigenvalue weighted by molar-refractivity contribution is 0.331. The molecule has 0 saturated heterocycles. The molecule has 0 saturated carbocycles. The summed E-state index contributed by atoms with van der Waals surface area (Å²) in [5.41, 5.74) is 2.10. The third-order valence-corrected chi connectivity index (χ3v) is 6.31. The molecule has 1 heterocycles. The number of nitrogens with one attached hydrogen (secondary N) is 1. The molecule has 0 bridgehead atoms. The Hall–Kier alpha value is -1.06. The Labute approximate surface area is 165 Å². The Morgan fingerprint density at radius 3 is 2.65 bits per heavy atom. The van der Waals surface area contributed by atoms with Gasteiger partial charge in [0.1, 0.15) is 5.82 Å². The van der Waals surface area contributed by atoms with E-state index < -0.39 is 16.8 Å². The topological polar surface area (TPSA) is 59.0 Å². The molecule has 5 nitrogen and oxygen atoms in total. The lowest BCUT2D eigenvalue weighted by atomic mass is 10.1. The average Bonchev–Trinajstić information content (AvgIpc) is 2.58. The predicted molar refractivity (Wildman–Crippen MR) is 109 cm³/mol. The van der Waals surface area contributed by atoms with Crippen LogP contribution in [0.2, 0.25) is 5.02 Å². The van der Waals surface area contributed by atoms with Crippen LogP contribution in [-0.4, -0.2) is 33.5 Å². The first-order valence-electron chi connectivity index (χ1n) is 7.96. The van der Waals surface area contributed by atoms with E-state index in [1.807, 2.05) is 31.3 Å². The molecule has 1 aliphatic rings. The maximum absolute atomic E-state index is 13.6. The van der Waals surface area contributed by atoms with E-state index in [2.05, 4.69) is 5.32 Å². The van der Waals surface area contributed by atoms with E-state index in [1.54, 1.807) is 4.31 Å². The summed E-state index contributed by atoms with van der Waals surface area (Å²) >= 11 is 5.91. The smallest absolute Gasteiger partial charge is 0.141 e. The van der Waals surface area contributed by atoms with E-state index in [4.69, 9.17) is 11.6 Å². The van der Waals surface area contributed by atoms with Crippen LogP contribution < -0.4 is 9.62 Å². The zero-order chi connectivity index (χ0) is 18.0.